The molecule has 1 amide bonds. The second-order valence-electron chi connectivity index (χ2n) is 4.81. The number of aromatic amines is 1. The minimum atomic E-state index is -1.28. The molecule has 0 bridgehead atoms. The number of anilines is 1. The molecular formula is C13H12N4O4. The molecule has 108 valence electrons. The molecule has 21 heavy (non-hydrogen) atoms. The highest BCUT2D eigenvalue weighted by Crippen LogP contribution is 2.37. The van der Waals surface area contributed by atoms with Crippen LogP contribution < -0.4 is 5.32 Å². The Labute approximate surface area is 118 Å². The van der Waals surface area contributed by atoms with Gasteiger partial charge in [0.1, 0.15) is 17.1 Å². The van der Waals surface area contributed by atoms with Crippen LogP contribution in [0.4, 0.5) is 5.69 Å². The Hall–Kier alpha value is -2.90. The van der Waals surface area contributed by atoms with Crippen molar-refractivity contribution in [2.24, 2.45) is 0 Å². The Bertz CT molecular complexity index is 721. The lowest BCUT2D eigenvalue weighted by Crippen LogP contribution is -2.14. The summed E-state index contributed by atoms with van der Waals surface area (Å²) < 4.78 is 0. The van der Waals surface area contributed by atoms with E-state index in [1.165, 1.54) is 18.2 Å². The maximum absolute atomic E-state index is 12.0. The predicted molar refractivity (Wildman–Crippen MR) is 71.4 cm³/mol. The zero-order chi connectivity index (χ0) is 15.0. The molecule has 1 heterocycles. The number of aromatic hydroxyl groups is 1. The van der Waals surface area contributed by atoms with Crippen LogP contribution in [-0.4, -0.2) is 37.3 Å². The van der Waals surface area contributed by atoms with Gasteiger partial charge in [0.15, 0.2) is 0 Å². The smallest absolute Gasteiger partial charge is 0.339 e. The minimum absolute atomic E-state index is 0.00171. The minimum Gasteiger partial charge on any atom is -0.507 e. The number of aromatic nitrogens is 3. The number of aromatic carboxylic acids is 1. The number of hydrogen-bond acceptors (Lipinski definition) is 5. The third kappa shape index (κ3) is 2.69. The van der Waals surface area contributed by atoms with Gasteiger partial charge in [-0.2, -0.15) is 0 Å². The molecule has 1 aliphatic carbocycles. The van der Waals surface area contributed by atoms with Gasteiger partial charge in [0.25, 0.3) is 5.91 Å². The molecule has 2 aromatic rings. The largest absolute Gasteiger partial charge is 0.507 e. The summed E-state index contributed by atoms with van der Waals surface area (Å²) >= 11 is 0. The summed E-state index contributed by atoms with van der Waals surface area (Å²) in [6.07, 6.45) is 2.08. The maximum Gasteiger partial charge on any atom is 0.339 e. The fourth-order valence-electron chi connectivity index (χ4n) is 1.89. The lowest BCUT2D eigenvalue weighted by Gasteiger charge is -2.05. The third-order valence-electron chi connectivity index (χ3n) is 3.15. The Morgan fingerprint density at radius 3 is 2.76 bits per heavy atom. The molecule has 8 heteroatoms. The van der Waals surface area contributed by atoms with E-state index in [1.54, 1.807) is 0 Å². The van der Waals surface area contributed by atoms with Crippen molar-refractivity contribution in [3.63, 3.8) is 0 Å². The number of benzene rings is 1. The average molecular weight is 288 g/mol. The highest BCUT2D eigenvalue weighted by molar-refractivity contribution is 6.02. The summed E-state index contributed by atoms with van der Waals surface area (Å²) in [6, 6.07) is 3.77. The number of hydrogen-bond donors (Lipinski definition) is 4. The van der Waals surface area contributed by atoms with Crippen molar-refractivity contribution < 1.29 is 19.8 Å². The molecule has 0 spiro atoms. The topological polar surface area (TPSA) is 128 Å². The zero-order valence-corrected chi connectivity index (χ0v) is 10.8. The first-order chi connectivity index (χ1) is 10.0. The third-order valence-corrected chi connectivity index (χ3v) is 3.15. The number of phenols is 1. The van der Waals surface area contributed by atoms with Crippen LogP contribution in [0.25, 0.3) is 0 Å². The molecule has 1 aromatic carbocycles. The van der Waals surface area contributed by atoms with Crippen LogP contribution in [0.3, 0.4) is 0 Å². The summed E-state index contributed by atoms with van der Waals surface area (Å²) in [5.74, 6) is -1.14. The first-order valence-corrected chi connectivity index (χ1v) is 6.34. The molecular weight excluding hydrogens is 276 g/mol. The Morgan fingerprint density at radius 1 is 1.33 bits per heavy atom. The van der Waals surface area contributed by atoms with E-state index >= 15 is 0 Å². The molecule has 0 saturated heterocycles. The van der Waals surface area contributed by atoms with Gasteiger partial charge >= 0.3 is 5.97 Å². The lowest BCUT2D eigenvalue weighted by molar-refractivity contribution is 0.0693. The van der Waals surface area contributed by atoms with E-state index in [0.29, 0.717) is 11.7 Å². The molecule has 8 nitrogen and oxygen atoms in total. The average Bonchev–Trinajstić information content (AvgIpc) is 3.18. The second-order valence-corrected chi connectivity index (χ2v) is 4.81. The van der Waals surface area contributed by atoms with Crippen molar-refractivity contribution in [1.29, 1.82) is 0 Å². The standard InChI is InChI=1S/C13H12N4O4/c18-9-4-3-7(5-8(9)13(20)21)14-12(19)11-15-10(16-17-11)6-1-2-6/h3-6,18H,1-2H2,(H,14,19)(H,20,21)(H,15,16,17). The van der Waals surface area contributed by atoms with Crippen molar-refractivity contribution in [1.82, 2.24) is 15.2 Å². The fourth-order valence-corrected chi connectivity index (χ4v) is 1.89. The van der Waals surface area contributed by atoms with Gasteiger partial charge in [-0.25, -0.2) is 9.78 Å². The van der Waals surface area contributed by atoms with Crippen LogP contribution in [0.2, 0.25) is 0 Å². The number of nitrogens with one attached hydrogen (secondary N) is 2. The van der Waals surface area contributed by atoms with E-state index in [1.807, 2.05) is 0 Å². The van der Waals surface area contributed by atoms with Gasteiger partial charge in [0.05, 0.1) is 0 Å². The molecule has 1 aromatic heterocycles. The van der Waals surface area contributed by atoms with Gasteiger partial charge in [0, 0.05) is 11.6 Å². The van der Waals surface area contributed by atoms with E-state index in [2.05, 4.69) is 20.5 Å². The monoisotopic (exact) mass is 288 g/mol. The highest BCUT2D eigenvalue weighted by atomic mass is 16.4. The van der Waals surface area contributed by atoms with Gasteiger partial charge < -0.3 is 15.5 Å². The molecule has 1 fully saturated rings. The van der Waals surface area contributed by atoms with Crippen molar-refractivity contribution in [2.75, 3.05) is 5.32 Å². The van der Waals surface area contributed by atoms with E-state index in [0.717, 1.165) is 12.8 Å². The van der Waals surface area contributed by atoms with E-state index in [-0.39, 0.29) is 22.8 Å². The molecule has 0 radical (unpaired) electrons. The van der Waals surface area contributed by atoms with E-state index in [4.69, 9.17) is 5.11 Å². The van der Waals surface area contributed by atoms with Gasteiger partial charge in [-0.15, -0.1) is 5.10 Å². The van der Waals surface area contributed by atoms with Gasteiger partial charge in [-0.05, 0) is 31.0 Å². The quantitative estimate of drug-likeness (QED) is 0.628. The Balaban J connectivity index is 1.77. The molecule has 1 saturated carbocycles. The number of nitrogens with zero attached hydrogens (tertiary/aromatic N) is 2. The first kappa shape index (κ1) is 13.1. The molecule has 0 unspecified atom stereocenters. The molecule has 0 atom stereocenters. The number of rotatable bonds is 4. The number of carboxylic acids is 1. The van der Waals surface area contributed by atoms with Crippen LogP contribution in [0.1, 0.15) is 45.6 Å². The summed E-state index contributed by atoms with van der Waals surface area (Å²) in [4.78, 5) is 27.0. The van der Waals surface area contributed by atoms with Crippen molar-refractivity contribution in [3.05, 3.63) is 35.4 Å². The normalized spacial score (nSPS) is 13.9. The molecule has 0 aliphatic heterocycles. The van der Waals surface area contributed by atoms with Gasteiger partial charge in [-0.1, -0.05) is 0 Å². The lowest BCUT2D eigenvalue weighted by atomic mass is 10.2. The number of carboxylic acid groups (broad SMARTS) is 1. The van der Waals surface area contributed by atoms with Crippen LogP contribution in [0.15, 0.2) is 18.2 Å². The van der Waals surface area contributed by atoms with Crippen molar-refractivity contribution >= 4 is 17.6 Å². The zero-order valence-electron chi connectivity index (χ0n) is 10.8. The van der Waals surface area contributed by atoms with Crippen LogP contribution in [0.5, 0.6) is 5.75 Å². The van der Waals surface area contributed by atoms with Gasteiger partial charge in [0.2, 0.25) is 5.82 Å². The van der Waals surface area contributed by atoms with E-state index in [9.17, 15) is 14.7 Å². The summed E-state index contributed by atoms with van der Waals surface area (Å²) in [7, 11) is 0. The van der Waals surface area contributed by atoms with Crippen LogP contribution in [-0.2, 0) is 0 Å². The van der Waals surface area contributed by atoms with E-state index < -0.39 is 11.9 Å². The Kier molecular flexibility index (Phi) is 3.05. The SMILES string of the molecule is O=C(Nc1ccc(O)c(C(=O)O)c1)c1n[nH]c(C2CC2)n1. The number of H-pyrrole nitrogens is 1. The van der Waals surface area contributed by atoms with Crippen LogP contribution >= 0.6 is 0 Å². The summed E-state index contributed by atoms with van der Waals surface area (Å²) in [6.45, 7) is 0. The Morgan fingerprint density at radius 2 is 2.10 bits per heavy atom. The number of amides is 1. The summed E-state index contributed by atoms with van der Waals surface area (Å²) in [5, 5.41) is 27.4. The second kappa shape index (κ2) is 4.89. The maximum atomic E-state index is 12.0. The molecule has 3 rings (SSSR count). The van der Waals surface area contributed by atoms with Crippen molar-refractivity contribution in [3.8, 4) is 5.75 Å². The van der Waals surface area contributed by atoms with Crippen LogP contribution in [0, 0.1) is 0 Å². The number of carbonyl (C=O) groups excluding carboxylic acids is 1. The first-order valence-electron chi connectivity index (χ1n) is 6.34. The fraction of sp³-hybridized carbons (Fsp3) is 0.231. The van der Waals surface area contributed by atoms with Crippen molar-refractivity contribution in [2.45, 2.75) is 18.8 Å². The number of carbonyl (C=O) groups is 2. The highest BCUT2D eigenvalue weighted by Gasteiger charge is 2.28. The van der Waals surface area contributed by atoms with Gasteiger partial charge in [-0.3, -0.25) is 9.89 Å². The molecule has 4 N–H and O–H groups in total. The predicted octanol–water partition coefficient (Wildman–Crippen LogP) is 1.34. The molecule has 1 aliphatic rings. The summed E-state index contributed by atoms with van der Waals surface area (Å²) in [5.41, 5.74) is -0.0468.